The quantitative estimate of drug-likeness (QED) is 0.830. The number of aromatic nitrogens is 4. The lowest BCUT2D eigenvalue weighted by atomic mass is 10.0. The summed E-state index contributed by atoms with van der Waals surface area (Å²) in [6.07, 6.45) is 8.73. The lowest BCUT2D eigenvalue weighted by Gasteiger charge is -2.25. The maximum absolute atomic E-state index is 5.54. The van der Waals surface area contributed by atoms with Gasteiger partial charge in [-0.2, -0.15) is 5.10 Å². The lowest BCUT2D eigenvalue weighted by molar-refractivity contribution is 0.147. The van der Waals surface area contributed by atoms with Gasteiger partial charge in [0.25, 0.3) is 0 Å². The Balaban J connectivity index is 1.62. The highest BCUT2D eigenvalue weighted by molar-refractivity contribution is 5.62. The van der Waals surface area contributed by atoms with Crippen LogP contribution in [0.1, 0.15) is 17.7 Å². The van der Waals surface area contributed by atoms with Crippen molar-refractivity contribution >= 4 is 0 Å². The van der Waals surface area contributed by atoms with Gasteiger partial charge in [-0.3, -0.25) is 9.58 Å². The van der Waals surface area contributed by atoms with Crippen LogP contribution >= 0.6 is 0 Å². The van der Waals surface area contributed by atoms with Gasteiger partial charge in [0.15, 0.2) is 0 Å². The molecule has 0 saturated carbocycles. The number of fused-ring (bicyclic) bond motifs is 1. The lowest BCUT2D eigenvalue weighted by Crippen LogP contribution is -2.37. The van der Waals surface area contributed by atoms with E-state index in [2.05, 4.69) is 20.0 Å². The molecular formula is C16H21N5O. The third-order valence-electron chi connectivity index (χ3n) is 4.72. The van der Waals surface area contributed by atoms with Crippen LogP contribution in [0.25, 0.3) is 11.3 Å². The number of rotatable bonds is 2. The van der Waals surface area contributed by atoms with Gasteiger partial charge in [0.2, 0.25) is 0 Å². The van der Waals surface area contributed by atoms with E-state index in [1.807, 2.05) is 24.1 Å². The highest BCUT2D eigenvalue weighted by Gasteiger charge is 2.26. The molecule has 0 radical (unpaired) electrons. The maximum atomic E-state index is 5.54. The summed E-state index contributed by atoms with van der Waals surface area (Å²) in [6, 6.07) is 0.573. The molecule has 0 amide bonds. The van der Waals surface area contributed by atoms with Crippen LogP contribution in [-0.2, 0) is 24.6 Å². The van der Waals surface area contributed by atoms with Gasteiger partial charge >= 0.3 is 0 Å². The fourth-order valence-corrected chi connectivity index (χ4v) is 3.51. The summed E-state index contributed by atoms with van der Waals surface area (Å²) >= 11 is 0. The van der Waals surface area contributed by atoms with E-state index in [0.29, 0.717) is 6.04 Å². The zero-order chi connectivity index (χ0) is 14.9. The van der Waals surface area contributed by atoms with E-state index in [0.717, 1.165) is 56.8 Å². The molecule has 22 heavy (non-hydrogen) atoms. The minimum absolute atomic E-state index is 0.573. The Morgan fingerprint density at radius 2 is 2.14 bits per heavy atom. The van der Waals surface area contributed by atoms with Crippen LogP contribution in [0.2, 0.25) is 0 Å². The van der Waals surface area contributed by atoms with Gasteiger partial charge in [0.1, 0.15) is 6.33 Å². The van der Waals surface area contributed by atoms with Crippen molar-refractivity contribution in [3.8, 4) is 11.3 Å². The van der Waals surface area contributed by atoms with Crippen LogP contribution in [0.5, 0.6) is 0 Å². The fourth-order valence-electron chi connectivity index (χ4n) is 3.51. The number of ether oxygens (including phenoxy) is 1. The first kappa shape index (κ1) is 13.8. The predicted octanol–water partition coefficient (Wildman–Crippen LogP) is 1.07. The van der Waals surface area contributed by atoms with Crippen molar-refractivity contribution in [3.05, 3.63) is 30.0 Å². The van der Waals surface area contributed by atoms with E-state index in [1.54, 1.807) is 6.33 Å². The van der Waals surface area contributed by atoms with Crippen molar-refractivity contribution in [3.63, 3.8) is 0 Å². The average molecular weight is 299 g/mol. The van der Waals surface area contributed by atoms with E-state index in [1.165, 1.54) is 11.3 Å². The minimum atomic E-state index is 0.573. The Hall–Kier alpha value is -1.79. The molecule has 6 nitrogen and oxygen atoms in total. The van der Waals surface area contributed by atoms with Crippen LogP contribution in [0, 0.1) is 0 Å². The Kier molecular flexibility index (Phi) is 3.63. The van der Waals surface area contributed by atoms with Crippen molar-refractivity contribution in [2.45, 2.75) is 25.3 Å². The second kappa shape index (κ2) is 5.78. The number of nitrogens with zero attached hydrogens (tertiary/aromatic N) is 5. The molecule has 116 valence electrons. The summed E-state index contributed by atoms with van der Waals surface area (Å²) in [7, 11) is 1.94. The van der Waals surface area contributed by atoms with Gasteiger partial charge in [-0.25, -0.2) is 9.97 Å². The van der Waals surface area contributed by atoms with Crippen LogP contribution in [0.4, 0.5) is 0 Å². The first-order valence-corrected chi connectivity index (χ1v) is 7.95. The van der Waals surface area contributed by atoms with Crippen molar-refractivity contribution < 1.29 is 4.74 Å². The van der Waals surface area contributed by atoms with E-state index in [9.17, 15) is 0 Å². The van der Waals surface area contributed by atoms with E-state index in [4.69, 9.17) is 4.74 Å². The van der Waals surface area contributed by atoms with E-state index >= 15 is 0 Å². The first-order valence-electron chi connectivity index (χ1n) is 7.95. The topological polar surface area (TPSA) is 56.1 Å². The molecule has 0 bridgehead atoms. The molecule has 0 aliphatic carbocycles. The molecule has 6 heteroatoms. The van der Waals surface area contributed by atoms with E-state index < -0.39 is 0 Å². The molecule has 2 aliphatic heterocycles. The standard InChI is InChI=1S/C16H21N5O/c1-20-9-12(8-19-20)16-14-2-5-21(13-4-7-22-10-13)6-3-15(14)17-11-18-16/h8-9,11,13H,2-7,10H2,1H3. The number of hydrogen-bond acceptors (Lipinski definition) is 5. The first-order chi connectivity index (χ1) is 10.8. The van der Waals surface area contributed by atoms with Gasteiger partial charge in [-0.15, -0.1) is 0 Å². The smallest absolute Gasteiger partial charge is 0.116 e. The normalized spacial score (nSPS) is 22.5. The van der Waals surface area contributed by atoms with E-state index in [-0.39, 0.29) is 0 Å². The Morgan fingerprint density at radius 3 is 2.91 bits per heavy atom. The predicted molar refractivity (Wildman–Crippen MR) is 82.4 cm³/mol. The molecule has 1 unspecified atom stereocenters. The second-order valence-corrected chi connectivity index (χ2v) is 6.10. The van der Waals surface area contributed by atoms with Gasteiger partial charge in [0.05, 0.1) is 18.5 Å². The van der Waals surface area contributed by atoms with Crippen molar-refractivity contribution in [1.29, 1.82) is 0 Å². The summed E-state index contributed by atoms with van der Waals surface area (Å²) in [4.78, 5) is 11.6. The van der Waals surface area contributed by atoms with Crippen LogP contribution in [0.3, 0.4) is 0 Å². The SMILES string of the molecule is Cn1cc(-c2ncnc3c2CCN(C2CCOC2)CC3)cn1. The maximum Gasteiger partial charge on any atom is 0.116 e. The fraction of sp³-hybridized carbons (Fsp3) is 0.562. The zero-order valence-electron chi connectivity index (χ0n) is 12.9. The molecular weight excluding hydrogens is 278 g/mol. The molecule has 2 aromatic rings. The van der Waals surface area contributed by atoms with Gasteiger partial charge < -0.3 is 4.74 Å². The molecule has 0 aromatic carbocycles. The van der Waals surface area contributed by atoms with Crippen LogP contribution < -0.4 is 0 Å². The Labute approximate surface area is 130 Å². The summed E-state index contributed by atoms with van der Waals surface area (Å²) < 4.78 is 7.37. The van der Waals surface area contributed by atoms with Crippen LogP contribution in [-0.4, -0.2) is 57.0 Å². The summed E-state index contributed by atoms with van der Waals surface area (Å²) in [5, 5.41) is 4.27. The molecule has 4 rings (SSSR count). The molecule has 1 saturated heterocycles. The van der Waals surface area contributed by atoms with Gasteiger partial charge in [-0.1, -0.05) is 0 Å². The molecule has 2 aromatic heterocycles. The van der Waals surface area contributed by atoms with Gasteiger partial charge in [0, 0.05) is 62.2 Å². The summed E-state index contributed by atoms with van der Waals surface area (Å²) in [5.41, 5.74) is 4.61. The number of hydrogen-bond donors (Lipinski definition) is 0. The molecule has 1 atom stereocenters. The minimum Gasteiger partial charge on any atom is -0.380 e. The third-order valence-corrected chi connectivity index (χ3v) is 4.72. The monoisotopic (exact) mass is 299 g/mol. The third kappa shape index (κ3) is 2.53. The van der Waals surface area contributed by atoms with Crippen molar-refractivity contribution in [1.82, 2.24) is 24.6 Å². The molecule has 0 spiro atoms. The average Bonchev–Trinajstić information content (AvgIpc) is 3.15. The second-order valence-electron chi connectivity index (χ2n) is 6.10. The largest absolute Gasteiger partial charge is 0.380 e. The van der Waals surface area contributed by atoms with Crippen LogP contribution in [0.15, 0.2) is 18.7 Å². The Bertz CT molecular complexity index is 662. The molecule has 2 aliphatic rings. The van der Waals surface area contributed by atoms with Crippen molar-refractivity contribution in [2.75, 3.05) is 26.3 Å². The molecule has 1 fully saturated rings. The summed E-state index contributed by atoms with van der Waals surface area (Å²) in [5.74, 6) is 0. The summed E-state index contributed by atoms with van der Waals surface area (Å²) in [6.45, 7) is 3.89. The Morgan fingerprint density at radius 1 is 1.23 bits per heavy atom. The zero-order valence-corrected chi connectivity index (χ0v) is 12.9. The van der Waals surface area contributed by atoms with Gasteiger partial charge in [-0.05, 0) is 12.8 Å². The molecule has 4 heterocycles. The highest BCUT2D eigenvalue weighted by atomic mass is 16.5. The highest BCUT2D eigenvalue weighted by Crippen LogP contribution is 2.26. The number of aryl methyl sites for hydroxylation is 1. The molecule has 0 N–H and O–H groups in total. The van der Waals surface area contributed by atoms with Crippen molar-refractivity contribution in [2.24, 2.45) is 7.05 Å².